The van der Waals surface area contributed by atoms with Gasteiger partial charge in [0.15, 0.2) is 6.10 Å². The SMILES string of the molecule is Cc1cccc(N2C[C@@H](C(=O)O[C@@H](C)C(=O)NNC(=O)c3ccccc3)CC2=O)c1C. The van der Waals surface area contributed by atoms with Gasteiger partial charge in [0.1, 0.15) is 0 Å². The number of ether oxygens (including phenoxy) is 1. The van der Waals surface area contributed by atoms with Gasteiger partial charge in [-0.3, -0.25) is 30.0 Å². The Balaban J connectivity index is 1.53. The number of rotatable bonds is 5. The Hall–Kier alpha value is -3.68. The third-order valence-corrected chi connectivity index (χ3v) is 5.32. The third kappa shape index (κ3) is 5.09. The van der Waals surface area contributed by atoms with Crippen LogP contribution in [-0.2, 0) is 19.1 Å². The maximum Gasteiger partial charge on any atom is 0.312 e. The van der Waals surface area contributed by atoms with Gasteiger partial charge in [-0.1, -0.05) is 30.3 Å². The first-order chi connectivity index (χ1) is 14.8. The topological polar surface area (TPSA) is 105 Å². The molecule has 1 aliphatic rings. The summed E-state index contributed by atoms with van der Waals surface area (Å²) < 4.78 is 5.24. The third-order valence-electron chi connectivity index (χ3n) is 5.32. The summed E-state index contributed by atoms with van der Waals surface area (Å²) in [7, 11) is 0. The van der Waals surface area contributed by atoms with Crippen LogP contribution >= 0.6 is 0 Å². The van der Waals surface area contributed by atoms with E-state index in [1.807, 2.05) is 32.0 Å². The number of hydrogen-bond acceptors (Lipinski definition) is 5. The lowest BCUT2D eigenvalue weighted by Crippen LogP contribution is -2.47. The first-order valence-electron chi connectivity index (χ1n) is 10.00. The van der Waals surface area contributed by atoms with Crippen LogP contribution in [0.5, 0.6) is 0 Å². The van der Waals surface area contributed by atoms with Gasteiger partial charge in [-0.25, -0.2) is 0 Å². The van der Waals surface area contributed by atoms with E-state index in [0.717, 1.165) is 16.8 Å². The minimum absolute atomic E-state index is 0.0191. The van der Waals surface area contributed by atoms with Crippen LogP contribution in [0.25, 0.3) is 0 Å². The van der Waals surface area contributed by atoms with Crippen molar-refractivity contribution in [2.75, 3.05) is 11.4 Å². The van der Waals surface area contributed by atoms with Crippen molar-refractivity contribution in [3.05, 3.63) is 65.2 Å². The predicted molar refractivity (Wildman–Crippen MR) is 114 cm³/mol. The Bertz CT molecular complexity index is 1010. The van der Waals surface area contributed by atoms with Crippen LogP contribution in [0.15, 0.2) is 48.5 Å². The zero-order chi connectivity index (χ0) is 22.5. The molecule has 1 heterocycles. The monoisotopic (exact) mass is 423 g/mol. The number of carbonyl (C=O) groups is 4. The molecule has 2 aromatic carbocycles. The van der Waals surface area contributed by atoms with E-state index < -0.39 is 29.8 Å². The van der Waals surface area contributed by atoms with E-state index in [2.05, 4.69) is 10.9 Å². The highest BCUT2D eigenvalue weighted by molar-refractivity contribution is 6.00. The molecule has 8 heteroatoms. The molecule has 3 amide bonds. The van der Waals surface area contributed by atoms with Crippen LogP contribution in [0, 0.1) is 19.8 Å². The smallest absolute Gasteiger partial charge is 0.312 e. The number of hydrogen-bond donors (Lipinski definition) is 2. The second-order valence-electron chi connectivity index (χ2n) is 7.51. The van der Waals surface area contributed by atoms with Crippen molar-refractivity contribution in [3.63, 3.8) is 0 Å². The number of nitrogens with zero attached hydrogens (tertiary/aromatic N) is 1. The Morgan fingerprint density at radius 3 is 2.45 bits per heavy atom. The molecule has 0 aliphatic carbocycles. The van der Waals surface area contributed by atoms with Crippen molar-refractivity contribution in [1.82, 2.24) is 10.9 Å². The standard InChI is InChI=1S/C23H25N3O5/c1-14-8-7-11-19(15(14)2)26-13-18(12-20(26)27)23(30)31-16(3)21(28)24-25-22(29)17-9-5-4-6-10-17/h4-11,16,18H,12-13H2,1-3H3,(H,24,28)(H,25,29)/t16-,18-/m0/s1. The number of esters is 1. The van der Waals surface area contributed by atoms with E-state index in [1.54, 1.807) is 35.2 Å². The molecule has 162 valence electrons. The number of hydrazine groups is 1. The van der Waals surface area contributed by atoms with Crippen molar-refractivity contribution < 1.29 is 23.9 Å². The number of amides is 3. The Morgan fingerprint density at radius 2 is 1.74 bits per heavy atom. The van der Waals surface area contributed by atoms with Crippen molar-refractivity contribution in [2.45, 2.75) is 33.3 Å². The average molecular weight is 423 g/mol. The van der Waals surface area contributed by atoms with Gasteiger partial charge in [0.2, 0.25) is 5.91 Å². The minimum Gasteiger partial charge on any atom is -0.452 e. The second-order valence-corrected chi connectivity index (χ2v) is 7.51. The summed E-state index contributed by atoms with van der Waals surface area (Å²) in [5, 5.41) is 0. The van der Waals surface area contributed by atoms with E-state index in [4.69, 9.17) is 4.74 Å². The summed E-state index contributed by atoms with van der Waals surface area (Å²) >= 11 is 0. The lowest BCUT2D eigenvalue weighted by Gasteiger charge is -2.20. The number of benzene rings is 2. The molecule has 0 aromatic heterocycles. The molecule has 1 aliphatic heterocycles. The van der Waals surface area contributed by atoms with Gasteiger partial charge in [0, 0.05) is 24.2 Å². The summed E-state index contributed by atoms with van der Waals surface area (Å²) in [5.41, 5.74) is 7.70. The van der Waals surface area contributed by atoms with Crippen LogP contribution in [-0.4, -0.2) is 36.3 Å². The molecule has 0 bridgehead atoms. The van der Waals surface area contributed by atoms with Gasteiger partial charge in [-0.15, -0.1) is 0 Å². The van der Waals surface area contributed by atoms with Crippen LogP contribution in [0.3, 0.4) is 0 Å². The molecule has 0 radical (unpaired) electrons. The molecule has 3 rings (SSSR count). The molecular weight excluding hydrogens is 398 g/mol. The van der Waals surface area contributed by atoms with E-state index in [0.29, 0.717) is 5.56 Å². The van der Waals surface area contributed by atoms with Crippen LogP contribution < -0.4 is 15.8 Å². The highest BCUT2D eigenvalue weighted by atomic mass is 16.5. The maximum atomic E-state index is 12.5. The number of carbonyl (C=O) groups excluding carboxylic acids is 4. The van der Waals surface area contributed by atoms with E-state index in [1.165, 1.54) is 6.92 Å². The average Bonchev–Trinajstić information content (AvgIpc) is 3.15. The fourth-order valence-corrected chi connectivity index (χ4v) is 3.33. The first kappa shape index (κ1) is 22.0. The fourth-order valence-electron chi connectivity index (χ4n) is 3.33. The lowest BCUT2D eigenvalue weighted by atomic mass is 10.1. The Morgan fingerprint density at radius 1 is 1.03 bits per heavy atom. The molecule has 8 nitrogen and oxygen atoms in total. The number of nitrogens with one attached hydrogen (secondary N) is 2. The molecule has 2 N–H and O–H groups in total. The number of anilines is 1. The number of aryl methyl sites for hydroxylation is 1. The molecule has 2 atom stereocenters. The van der Waals surface area contributed by atoms with E-state index >= 15 is 0 Å². The molecule has 0 saturated carbocycles. The predicted octanol–water partition coefficient (Wildman–Crippen LogP) is 2.05. The highest BCUT2D eigenvalue weighted by Crippen LogP contribution is 2.30. The fraction of sp³-hybridized carbons (Fsp3) is 0.304. The van der Waals surface area contributed by atoms with Crippen LogP contribution in [0.2, 0.25) is 0 Å². The van der Waals surface area contributed by atoms with Gasteiger partial charge in [0.25, 0.3) is 11.8 Å². The van der Waals surface area contributed by atoms with Gasteiger partial charge in [-0.05, 0) is 50.1 Å². The van der Waals surface area contributed by atoms with Gasteiger partial charge < -0.3 is 9.64 Å². The maximum absolute atomic E-state index is 12.5. The zero-order valence-corrected chi connectivity index (χ0v) is 17.7. The summed E-state index contributed by atoms with van der Waals surface area (Å²) in [5.74, 6) is -2.62. The zero-order valence-electron chi connectivity index (χ0n) is 17.7. The lowest BCUT2D eigenvalue weighted by molar-refractivity contribution is -0.158. The quantitative estimate of drug-likeness (QED) is 0.566. The first-order valence-corrected chi connectivity index (χ1v) is 10.00. The van der Waals surface area contributed by atoms with Gasteiger partial charge in [0.05, 0.1) is 5.92 Å². The van der Waals surface area contributed by atoms with Gasteiger partial charge >= 0.3 is 5.97 Å². The molecule has 1 fully saturated rings. The van der Waals surface area contributed by atoms with Gasteiger partial charge in [-0.2, -0.15) is 0 Å². The molecule has 31 heavy (non-hydrogen) atoms. The summed E-state index contributed by atoms with van der Waals surface area (Å²) in [4.78, 5) is 50.8. The van der Waals surface area contributed by atoms with E-state index in [-0.39, 0.29) is 18.9 Å². The van der Waals surface area contributed by atoms with Crippen molar-refractivity contribution >= 4 is 29.4 Å². The summed E-state index contributed by atoms with van der Waals surface area (Å²) in [6.07, 6.45) is -1.11. The van der Waals surface area contributed by atoms with Crippen molar-refractivity contribution in [1.29, 1.82) is 0 Å². The Labute approximate surface area is 180 Å². The van der Waals surface area contributed by atoms with E-state index in [9.17, 15) is 19.2 Å². The molecule has 0 spiro atoms. The normalized spacial score (nSPS) is 16.5. The van der Waals surface area contributed by atoms with Crippen molar-refractivity contribution in [2.24, 2.45) is 5.92 Å². The second kappa shape index (κ2) is 9.42. The highest BCUT2D eigenvalue weighted by Gasteiger charge is 2.37. The summed E-state index contributed by atoms with van der Waals surface area (Å²) in [6, 6.07) is 14.0. The molecule has 2 aromatic rings. The Kier molecular flexibility index (Phi) is 6.69. The molecule has 1 saturated heterocycles. The largest absolute Gasteiger partial charge is 0.452 e. The van der Waals surface area contributed by atoms with Crippen LogP contribution in [0.4, 0.5) is 5.69 Å². The summed E-state index contributed by atoms with van der Waals surface area (Å²) in [6.45, 7) is 5.49. The minimum atomic E-state index is -1.13. The van der Waals surface area contributed by atoms with Crippen LogP contribution in [0.1, 0.15) is 34.8 Å². The molecular formula is C23H25N3O5. The molecule has 0 unspecified atom stereocenters. The van der Waals surface area contributed by atoms with Crippen molar-refractivity contribution in [3.8, 4) is 0 Å².